The first-order valence-corrected chi connectivity index (χ1v) is 7.12. The van der Waals surface area contributed by atoms with Gasteiger partial charge in [-0.2, -0.15) is 0 Å². The maximum atomic E-state index is 8.71. The molecule has 0 amide bonds. The van der Waals surface area contributed by atoms with E-state index < -0.39 is 0 Å². The van der Waals surface area contributed by atoms with E-state index in [-0.39, 0.29) is 5.84 Å². The lowest BCUT2D eigenvalue weighted by Gasteiger charge is -2.12. The molecule has 2 rings (SSSR count). The molecule has 0 aliphatic heterocycles. The maximum Gasteiger partial charge on any atom is 0.171 e. The highest BCUT2D eigenvalue weighted by atomic mass is 79.9. The zero-order valence-corrected chi connectivity index (χ0v) is 13.0. The van der Waals surface area contributed by atoms with Crippen LogP contribution < -0.4 is 15.2 Å². The smallest absolute Gasteiger partial charge is 0.171 e. The summed E-state index contributed by atoms with van der Waals surface area (Å²) < 4.78 is 12.0. The third-order valence-electron chi connectivity index (χ3n) is 2.70. The van der Waals surface area contributed by atoms with Crippen molar-refractivity contribution >= 4 is 21.8 Å². The molecule has 110 valence electrons. The predicted octanol–water partition coefficient (Wildman–Crippen LogP) is 3.73. The second-order valence-corrected chi connectivity index (χ2v) is 4.96. The van der Waals surface area contributed by atoms with Crippen molar-refractivity contribution in [2.24, 2.45) is 10.9 Å². The summed E-state index contributed by atoms with van der Waals surface area (Å²) in [6, 6.07) is 12.6. The predicted molar refractivity (Wildman–Crippen MR) is 84.3 cm³/mol. The van der Waals surface area contributed by atoms with Crippen LogP contribution in [0.15, 0.2) is 52.1 Å². The van der Waals surface area contributed by atoms with E-state index in [2.05, 4.69) is 21.1 Å². The molecule has 0 aromatic heterocycles. The van der Waals surface area contributed by atoms with Crippen molar-refractivity contribution in [3.8, 4) is 17.2 Å². The summed E-state index contributed by atoms with van der Waals surface area (Å²) >= 11 is 3.37. The number of para-hydroxylation sites is 2. The summed E-state index contributed by atoms with van der Waals surface area (Å²) in [7, 11) is 0. The topological polar surface area (TPSA) is 77.1 Å². The Hall–Kier alpha value is -2.21. The number of ether oxygens (including phenoxy) is 2. The molecule has 0 heterocycles. The van der Waals surface area contributed by atoms with E-state index in [0.717, 1.165) is 0 Å². The molecular formula is C15H15BrN2O3. The Bertz CT molecular complexity index is 659. The molecular weight excluding hydrogens is 336 g/mol. The van der Waals surface area contributed by atoms with Gasteiger partial charge < -0.3 is 20.4 Å². The van der Waals surface area contributed by atoms with E-state index in [1.54, 1.807) is 18.2 Å². The first kappa shape index (κ1) is 15.2. The molecule has 0 saturated heterocycles. The zero-order valence-electron chi connectivity index (χ0n) is 11.4. The third-order valence-corrected chi connectivity index (χ3v) is 3.36. The highest BCUT2D eigenvalue weighted by Gasteiger charge is 2.09. The molecule has 0 unspecified atom stereocenters. The van der Waals surface area contributed by atoms with Gasteiger partial charge >= 0.3 is 0 Å². The molecule has 2 aromatic carbocycles. The first-order chi connectivity index (χ1) is 10.2. The van der Waals surface area contributed by atoms with Crippen LogP contribution in [0, 0.1) is 0 Å². The second kappa shape index (κ2) is 6.99. The fourth-order valence-electron chi connectivity index (χ4n) is 1.76. The number of halogens is 1. The van der Waals surface area contributed by atoms with E-state index in [0.29, 0.717) is 33.9 Å². The molecule has 0 aliphatic carbocycles. The normalized spacial score (nSPS) is 11.2. The lowest BCUT2D eigenvalue weighted by Crippen LogP contribution is -2.13. The Kier molecular flexibility index (Phi) is 5.05. The molecule has 2 aromatic rings. The van der Waals surface area contributed by atoms with Gasteiger partial charge in [0.25, 0.3) is 0 Å². The third kappa shape index (κ3) is 3.66. The van der Waals surface area contributed by atoms with Gasteiger partial charge in [-0.3, -0.25) is 0 Å². The van der Waals surface area contributed by atoms with Crippen LogP contribution in [0.4, 0.5) is 0 Å². The van der Waals surface area contributed by atoms with Crippen molar-refractivity contribution in [1.82, 2.24) is 0 Å². The Morgan fingerprint density at radius 3 is 2.57 bits per heavy atom. The van der Waals surface area contributed by atoms with E-state index in [4.69, 9.17) is 20.4 Å². The van der Waals surface area contributed by atoms with E-state index in [1.807, 2.05) is 31.2 Å². The number of hydrogen-bond donors (Lipinski definition) is 2. The fourth-order valence-corrected chi connectivity index (χ4v) is 2.32. The molecule has 0 radical (unpaired) electrons. The van der Waals surface area contributed by atoms with Gasteiger partial charge in [-0.1, -0.05) is 17.3 Å². The largest absolute Gasteiger partial charge is 0.490 e. The number of rotatable bonds is 5. The molecule has 0 aliphatic rings. The van der Waals surface area contributed by atoms with Crippen molar-refractivity contribution in [2.75, 3.05) is 6.61 Å². The van der Waals surface area contributed by atoms with E-state index in [1.165, 1.54) is 0 Å². The van der Waals surface area contributed by atoms with Crippen LogP contribution >= 0.6 is 15.9 Å². The number of amidine groups is 1. The maximum absolute atomic E-state index is 8.71. The van der Waals surface area contributed by atoms with Crippen molar-refractivity contribution in [1.29, 1.82) is 0 Å². The van der Waals surface area contributed by atoms with Crippen LogP contribution in [-0.2, 0) is 0 Å². The molecule has 0 saturated carbocycles. The summed E-state index contributed by atoms with van der Waals surface area (Å²) in [5.74, 6) is 1.95. The van der Waals surface area contributed by atoms with Gasteiger partial charge in [-0.15, -0.1) is 0 Å². The van der Waals surface area contributed by atoms with Crippen LogP contribution in [0.3, 0.4) is 0 Å². The van der Waals surface area contributed by atoms with Crippen molar-refractivity contribution in [3.05, 3.63) is 52.5 Å². The molecule has 3 N–H and O–H groups in total. The summed E-state index contributed by atoms with van der Waals surface area (Å²) in [6.45, 7) is 2.48. The zero-order chi connectivity index (χ0) is 15.2. The Morgan fingerprint density at radius 2 is 1.95 bits per heavy atom. The van der Waals surface area contributed by atoms with E-state index in [9.17, 15) is 0 Å². The highest BCUT2D eigenvalue weighted by molar-refractivity contribution is 9.10. The van der Waals surface area contributed by atoms with Crippen molar-refractivity contribution in [3.63, 3.8) is 0 Å². The average Bonchev–Trinajstić information content (AvgIpc) is 2.49. The van der Waals surface area contributed by atoms with Gasteiger partial charge in [-0.25, -0.2) is 0 Å². The van der Waals surface area contributed by atoms with Crippen LogP contribution in [0.2, 0.25) is 0 Å². The number of nitrogens with two attached hydrogens (primary N) is 1. The summed E-state index contributed by atoms with van der Waals surface area (Å²) in [6.07, 6.45) is 0. The van der Waals surface area contributed by atoms with Crippen molar-refractivity contribution < 1.29 is 14.7 Å². The standard InChI is InChI=1S/C15H15BrN2O3/c1-2-20-13-5-3-4-6-14(13)21-10-7-8-11(12(16)9-10)15(17)18-19/h3-9,19H,2H2,1H3,(H2,17,18). The van der Waals surface area contributed by atoms with Crippen LogP contribution in [-0.4, -0.2) is 17.6 Å². The van der Waals surface area contributed by atoms with E-state index >= 15 is 0 Å². The van der Waals surface area contributed by atoms with Crippen molar-refractivity contribution in [2.45, 2.75) is 6.92 Å². The minimum absolute atomic E-state index is 0.0307. The Labute approximate surface area is 131 Å². The lowest BCUT2D eigenvalue weighted by atomic mass is 10.2. The number of hydrogen-bond acceptors (Lipinski definition) is 4. The highest BCUT2D eigenvalue weighted by Crippen LogP contribution is 2.33. The average molecular weight is 351 g/mol. The quantitative estimate of drug-likeness (QED) is 0.372. The molecule has 0 spiro atoms. The SMILES string of the molecule is CCOc1ccccc1Oc1ccc(/C(N)=N/O)c(Br)c1. The van der Waals surface area contributed by atoms with Gasteiger partial charge in [0.2, 0.25) is 0 Å². The monoisotopic (exact) mass is 350 g/mol. The molecule has 21 heavy (non-hydrogen) atoms. The Balaban J connectivity index is 2.27. The van der Waals surface area contributed by atoms with Gasteiger partial charge in [0.15, 0.2) is 17.3 Å². The lowest BCUT2D eigenvalue weighted by molar-refractivity contribution is 0.318. The van der Waals surface area contributed by atoms with Gasteiger partial charge in [0.05, 0.1) is 6.61 Å². The van der Waals surface area contributed by atoms with Crippen LogP contribution in [0.1, 0.15) is 12.5 Å². The molecule has 0 bridgehead atoms. The first-order valence-electron chi connectivity index (χ1n) is 6.32. The van der Waals surface area contributed by atoms with Gasteiger partial charge in [-0.05, 0) is 53.2 Å². The molecule has 6 heteroatoms. The van der Waals surface area contributed by atoms with Crippen LogP contribution in [0.5, 0.6) is 17.2 Å². The summed E-state index contributed by atoms with van der Waals surface area (Å²) in [4.78, 5) is 0. The minimum Gasteiger partial charge on any atom is -0.490 e. The number of nitrogens with zero attached hydrogens (tertiary/aromatic N) is 1. The minimum atomic E-state index is 0.0307. The number of benzene rings is 2. The molecule has 5 nitrogen and oxygen atoms in total. The second-order valence-electron chi connectivity index (χ2n) is 4.11. The van der Waals surface area contributed by atoms with Gasteiger partial charge in [0.1, 0.15) is 5.75 Å². The van der Waals surface area contributed by atoms with Gasteiger partial charge in [0, 0.05) is 10.0 Å². The summed E-state index contributed by atoms with van der Waals surface area (Å²) in [5.41, 5.74) is 6.16. The van der Waals surface area contributed by atoms with Crippen LogP contribution in [0.25, 0.3) is 0 Å². The number of oxime groups is 1. The fraction of sp³-hybridized carbons (Fsp3) is 0.133. The summed E-state index contributed by atoms with van der Waals surface area (Å²) in [5, 5.41) is 11.7. The molecule has 0 atom stereocenters. The molecule has 0 fully saturated rings. The Morgan fingerprint density at radius 1 is 1.24 bits per heavy atom.